The molecule has 0 unspecified atom stereocenters. The molecular formula is C22H18N2. The highest BCUT2D eigenvalue weighted by molar-refractivity contribution is 5.67. The molecule has 1 heterocycles. The number of hydrogen-bond acceptors (Lipinski definition) is 1. The fourth-order valence-corrected chi connectivity index (χ4v) is 2.82. The molecule has 0 bridgehead atoms. The van der Waals surface area contributed by atoms with Crippen LogP contribution in [0, 0.1) is 6.92 Å². The highest BCUT2D eigenvalue weighted by atomic mass is 15.1. The predicted molar refractivity (Wildman–Crippen MR) is 99.2 cm³/mol. The Bertz CT molecular complexity index is 879. The van der Waals surface area contributed by atoms with E-state index >= 15 is 0 Å². The molecule has 0 N–H and O–H groups in total. The summed E-state index contributed by atoms with van der Waals surface area (Å²) in [6.45, 7) is 2.10. The summed E-state index contributed by atoms with van der Waals surface area (Å²) in [6.07, 6.45) is 2.11. The van der Waals surface area contributed by atoms with E-state index in [1.165, 1.54) is 5.56 Å². The van der Waals surface area contributed by atoms with Crippen molar-refractivity contribution in [2.24, 2.45) is 0 Å². The first kappa shape index (κ1) is 14.5. The molecule has 0 saturated heterocycles. The van der Waals surface area contributed by atoms with Gasteiger partial charge < -0.3 is 0 Å². The van der Waals surface area contributed by atoms with Gasteiger partial charge in [-0.15, -0.1) is 0 Å². The highest BCUT2D eigenvalue weighted by Crippen LogP contribution is 2.27. The molecule has 3 aromatic carbocycles. The third-order valence-electron chi connectivity index (χ3n) is 4.12. The molecule has 2 nitrogen and oxygen atoms in total. The fraction of sp³-hybridized carbons (Fsp3) is 0.0455. The molecule has 24 heavy (non-hydrogen) atoms. The minimum absolute atomic E-state index is 0.956. The van der Waals surface area contributed by atoms with Crippen molar-refractivity contribution in [1.82, 2.24) is 9.55 Å². The van der Waals surface area contributed by atoms with Crippen molar-refractivity contribution in [1.29, 1.82) is 0 Å². The van der Waals surface area contributed by atoms with Crippen LogP contribution in [0.2, 0.25) is 0 Å². The first-order valence-corrected chi connectivity index (χ1v) is 8.08. The van der Waals surface area contributed by atoms with E-state index in [1.54, 1.807) is 0 Å². The van der Waals surface area contributed by atoms with Crippen molar-refractivity contribution >= 4 is 0 Å². The quantitative estimate of drug-likeness (QED) is 0.487. The van der Waals surface area contributed by atoms with Crippen LogP contribution in [0.4, 0.5) is 0 Å². The first-order chi connectivity index (χ1) is 11.8. The van der Waals surface area contributed by atoms with Crippen LogP contribution in [-0.2, 0) is 0 Å². The van der Waals surface area contributed by atoms with E-state index in [0.29, 0.717) is 0 Å². The van der Waals surface area contributed by atoms with Crippen LogP contribution < -0.4 is 0 Å². The smallest absolute Gasteiger partial charge is 0.145 e. The summed E-state index contributed by atoms with van der Waals surface area (Å²) in [4.78, 5) is 4.92. The van der Waals surface area contributed by atoms with Gasteiger partial charge in [0, 0.05) is 23.0 Å². The van der Waals surface area contributed by atoms with Crippen LogP contribution in [0.15, 0.2) is 91.1 Å². The van der Waals surface area contributed by atoms with Crippen molar-refractivity contribution < 1.29 is 0 Å². The molecule has 0 spiro atoms. The third-order valence-corrected chi connectivity index (χ3v) is 4.12. The van der Waals surface area contributed by atoms with Crippen LogP contribution in [-0.4, -0.2) is 9.55 Å². The topological polar surface area (TPSA) is 17.8 Å². The Balaban J connectivity index is 1.89. The maximum atomic E-state index is 4.92. The van der Waals surface area contributed by atoms with E-state index in [-0.39, 0.29) is 0 Å². The molecule has 0 aliphatic rings. The van der Waals surface area contributed by atoms with E-state index in [2.05, 4.69) is 78.4 Å². The lowest BCUT2D eigenvalue weighted by Crippen LogP contribution is -1.95. The van der Waals surface area contributed by atoms with Gasteiger partial charge in [-0.05, 0) is 19.1 Å². The number of imidazole rings is 1. The maximum absolute atomic E-state index is 4.92. The average molecular weight is 310 g/mol. The molecular weight excluding hydrogens is 292 g/mol. The van der Waals surface area contributed by atoms with Gasteiger partial charge in [0.15, 0.2) is 0 Å². The predicted octanol–water partition coefficient (Wildman–Crippen LogP) is 5.51. The summed E-state index contributed by atoms with van der Waals surface area (Å²) in [7, 11) is 0. The molecule has 0 aliphatic carbocycles. The molecule has 0 aliphatic heterocycles. The van der Waals surface area contributed by atoms with Crippen molar-refractivity contribution in [3.8, 4) is 28.3 Å². The van der Waals surface area contributed by atoms with Crippen LogP contribution in [0.5, 0.6) is 0 Å². The van der Waals surface area contributed by atoms with Gasteiger partial charge in [-0.3, -0.25) is 4.57 Å². The standard InChI is InChI=1S/C22H18N2/c1-17-12-14-18(15-13-17)21-16-24(20-10-6-3-7-11-20)22(23-21)19-8-4-2-5-9-19/h2-16H,1H3. The molecule has 4 aromatic rings. The van der Waals surface area contributed by atoms with Gasteiger partial charge in [0.05, 0.1) is 5.69 Å². The van der Waals surface area contributed by atoms with Gasteiger partial charge >= 0.3 is 0 Å². The Morgan fingerprint density at radius 3 is 1.96 bits per heavy atom. The second-order valence-corrected chi connectivity index (χ2v) is 5.89. The van der Waals surface area contributed by atoms with E-state index in [1.807, 2.05) is 24.3 Å². The largest absolute Gasteiger partial charge is 0.299 e. The minimum Gasteiger partial charge on any atom is -0.299 e. The van der Waals surface area contributed by atoms with E-state index in [9.17, 15) is 0 Å². The normalized spacial score (nSPS) is 10.7. The van der Waals surface area contributed by atoms with Crippen LogP contribution in [0.25, 0.3) is 28.3 Å². The fourth-order valence-electron chi connectivity index (χ4n) is 2.82. The lowest BCUT2D eigenvalue weighted by Gasteiger charge is -2.07. The van der Waals surface area contributed by atoms with E-state index in [4.69, 9.17) is 4.98 Å². The Labute approximate surface area is 142 Å². The Hall–Kier alpha value is -3.13. The lowest BCUT2D eigenvalue weighted by molar-refractivity contribution is 1.07. The molecule has 0 amide bonds. The van der Waals surface area contributed by atoms with Crippen molar-refractivity contribution in [2.75, 3.05) is 0 Å². The molecule has 0 atom stereocenters. The minimum atomic E-state index is 0.956. The number of nitrogens with zero attached hydrogens (tertiary/aromatic N) is 2. The summed E-state index contributed by atoms with van der Waals surface area (Å²) in [5.74, 6) is 0.956. The maximum Gasteiger partial charge on any atom is 0.145 e. The second kappa shape index (κ2) is 6.17. The highest BCUT2D eigenvalue weighted by Gasteiger charge is 2.12. The first-order valence-electron chi connectivity index (χ1n) is 8.08. The van der Waals surface area contributed by atoms with E-state index in [0.717, 1.165) is 28.3 Å². The molecule has 0 fully saturated rings. The molecule has 0 radical (unpaired) electrons. The van der Waals surface area contributed by atoms with Gasteiger partial charge in [0.25, 0.3) is 0 Å². The zero-order valence-electron chi connectivity index (χ0n) is 13.6. The van der Waals surface area contributed by atoms with Gasteiger partial charge in [-0.1, -0.05) is 78.4 Å². The molecule has 2 heteroatoms. The molecule has 4 rings (SSSR count). The SMILES string of the molecule is Cc1ccc(-c2cn(-c3ccccc3)c(-c3ccccc3)n2)cc1. The Morgan fingerprint density at radius 1 is 0.667 bits per heavy atom. The number of aryl methyl sites for hydroxylation is 1. The number of aromatic nitrogens is 2. The number of hydrogen-bond donors (Lipinski definition) is 0. The van der Waals surface area contributed by atoms with Gasteiger partial charge in [-0.2, -0.15) is 0 Å². The van der Waals surface area contributed by atoms with Gasteiger partial charge in [-0.25, -0.2) is 4.98 Å². The van der Waals surface area contributed by atoms with Crippen molar-refractivity contribution in [3.05, 3.63) is 96.7 Å². The zero-order valence-corrected chi connectivity index (χ0v) is 13.6. The monoisotopic (exact) mass is 310 g/mol. The summed E-state index contributed by atoms with van der Waals surface area (Å²) in [5, 5.41) is 0. The third kappa shape index (κ3) is 2.74. The summed E-state index contributed by atoms with van der Waals surface area (Å²) < 4.78 is 2.16. The zero-order chi connectivity index (χ0) is 16.4. The van der Waals surface area contributed by atoms with Crippen LogP contribution in [0.3, 0.4) is 0 Å². The second-order valence-electron chi connectivity index (χ2n) is 5.89. The van der Waals surface area contributed by atoms with Crippen molar-refractivity contribution in [2.45, 2.75) is 6.92 Å². The summed E-state index contributed by atoms with van der Waals surface area (Å²) in [5.41, 5.74) is 5.59. The number of para-hydroxylation sites is 1. The van der Waals surface area contributed by atoms with E-state index < -0.39 is 0 Å². The van der Waals surface area contributed by atoms with Crippen LogP contribution in [0.1, 0.15) is 5.56 Å². The number of benzene rings is 3. The molecule has 1 aromatic heterocycles. The van der Waals surface area contributed by atoms with Crippen LogP contribution >= 0.6 is 0 Å². The summed E-state index contributed by atoms with van der Waals surface area (Å²) >= 11 is 0. The Morgan fingerprint density at radius 2 is 1.29 bits per heavy atom. The number of rotatable bonds is 3. The average Bonchev–Trinajstić information content (AvgIpc) is 3.09. The van der Waals surface area contributed by atoms with Gasteiger partial charge in [0.1, 0.15) is 5.82 Å². The molecule has 0 saturated carbocycles. The summed E-state index contributed by atoms with van der Waals surface area (Å²) in [6, 6.07) is 29.2. The lowest BCUT2D eigenvalue weighted by atomic mass is 10.1. The van der Waals surface area contributed by atoms with Crippen molar-refractivity contribution in [3.63, 3.8) is 0 Å². The Kier molecular flexibility index (Phi) is 3.72. The van der Waals surface area contributed by atoms with Gasteiger partial charge in [0.2, 0.25) is 0 Å². The molecule has 116 valence electrons.